The van der Waals surface area contributed by atoms with Gasteiger partial charge in [0.15, 0.2) is 0 Å². The van der Waals surface area contributed by atoms with Gasteiger partial charge in [0, 0.05) is 27.7 Å². The molecule has 15 heavy (non-hydrogen) atoms. The Morgan fingerprint density at radius 1 is 1.20 bits per heavy atom. The number of hydrogen-bond donors (Lipinski definition) is 0. The minimum atomic E-state index is 0.00773. The van der Waals surface area contributed by atoms with Gasteiger partial charge >= 0.3 is 0 Å². The van der Waals surface area contributed by atoms with Crippen LogP contribution in [0.4, 0.5) is 11.4 Å². The molecule has 4 heteroatoms. The van der Waals surface area contributed by atoms with Crippen molar-refractivity contribution in [2.24, 2.45) is 0 Å². The SMILES string of the molecule is CCCCN(C)c1c(N(C)C)c(=O)c1=S. The fourth-order valence-electron chi connectivity index (χ4n) is 1.64. The third-order valence-corrected chi connectivity index (χ3v) is 2.92. The molecule has 1 aromatic rings. The van der Waals surface area contributed by atoms with Crippen molar-refractivity contribution in [3.05, 3.63) is 14.7 Å². The van der Waals surface area contributed by atoms with E-state index in [1.54, 1.807) is 0 Å². The van der Waals surface area contributed by atoms with E-state index in [0.29, 0.717) is 4.51 Å². The van der Waals surface area contributed by atoms with Crippen LogP contribution in [0.1, 0.15) is 19.8 Å². The molecule has 0 fully saturated rings. The summed E-state index contributed by atoms with van der Waals surface area (Å²) in [6, 6.07) is 0. The minimum absolute atomic E-state index is 0.00773. The first-order valence-corrected chi connectivity index (χ1v) is 5.63. The van der Waals surface area contributed by atoms with Gasteiger partial charge in [-0.25, -0.2) is 0 Å². The topological polar surface area (TPSA) is 23.6 Å². The zero-order chi connectivity index (χ0) is 11.6. The van der Waals surface area contributed by atoms with Crippen molar-refractivity contribution < 1.29 is 0 Å². The summed E-state index contributed by atoms with van der Waals surface area (Å²) in [6.45, 7) is 3.11. The lowest BCUT2D eigenvalue weighted by Gasteiger charge is -2.27. The van der Waals surface area contributed by atoms with E-state index < -0.39 is 0 Å². The first-order valence-electron chi connectivity index (χ1n) is 5.22. The molecule has 0 aliphatic heterocycles. The maximum atomic E-state index is 11.5. The summed E-state index contributed by atoms with van der Waals surface area (Å²) in [5, 5.41) is 0. The molecule has 0 bridgehead atoms. The first-order chi connectivity index (χ1) is 7.00. The molecule has 0 aliphatic rings. The molecule has 1 rings (SSSR count). The lowest BCUT2D eigenvalue weighted by molar-refractivity contribution is 0.763. The molecule has 0 aromatic heterocycles. The lowest BCUT2D eigenvalue weighted by atomic mass is 10.1. The Kier molecular flexibility index (Phi) is 3.85. The summed E-state index contributed by atoms with van der Waals surface area (Å²) < 4.78 is 0.484. The molecule has 3 nitrogen and oxygen atoms in total. The summed E-state index contributed by atoms with van der Waals surface area (Å²) in [4.78, 5) is 15.5. The van der Waals surface area contributed by atoms with Crippen molar-refractivity contribution in [1.29, 1.82) is 0 Å². The van der Waals surface area contributed by atoms with Crippen LogP contribution in [0, 0.1) is 4.51 Å². The van der Waals surface area contributed by atoms with Crippen molar-refractivity contribution in [3.8, 4) is 0 Å². The van der Waals surface area contributed by atoms with Gasteiger partial charge in [0.2, 0.25) is 5.43 Å². The van der Waals surface area contributed by atoms with Crippen molar-refractivity contribution in [3.63, 3.8) is 0 Å². The van der Waals surface area contributed by atoms with E-state index in [-0.39, 0.29) is 5.43 Å². The third-order valence-electron chi connectivity index (χ3n) is 2.54. The average Bonchev–Trinajstić information content (AvgIpc) is 2.20. The highest BCUT2D eigenvalue weighted by Crippen LogP contribution is 2.28. The van der Waals surface area contributed by atoms with Gasteiger partial charge in [0.25, 0.3) is 0 Å². The van der Waals surface area contributed by atoms with E-state index in [9.17, 15) is 4.79 Å². The quantitative estimate of drug-likeness (QED) is 0.716. The molecule has 0 spiro atoms. The molecule has 0 amide bonds. The second-order valence-corrected chi connectivity index (χ2v) is 4.43. The van der Waals surface area contributed by atoms with Gasteiger partial charge in [-0.15, -0.1) is 0 Å². The van der Waals surface area contributed by atoms with Crippen LogP contribution in [0.15, 0.2) is 4.79 Å². The van der Waals surface area contributed by atoms with Gasteiger partial charge in [-0.3, -0.25) is 4.79 Å². The molecule has 0 atom stereocenters. The average molecular weight is 226 g/mol. The zero-order valence-electron chi connectivity index (χ0n) is 9.83. The van der Waals surface area contributed by atoms with Crippen LogP contribution in [-0.4, -0.2) is 27.7 Å². The van der Waals surface area contributed by atoms with Gasteiger partial charge < -0.3 is 9.80 Å². The smallest absolute Gasteiger partial charge is 0.224 e. The lowest BCUT2D eigenvalue weighted by Crippen LogP contribution is -2.31. The molecule has 0 saturated carbocycles. The normalized spacial score (nSPS) is 10.7. The summed E-state index contributed by atoms with van der Waals surface area (Å²) in [7, 11) is 5.75. The molecule has 0 heterocycles. The Hall–Kier alpha value is -0.900. The fourth-order valence-corrected chi connectivity index (χ4v) is 1.99. The summed E-state index contributed by atoms with van der Waals surface area (Å²) in [6.07, 6.45) is 2.27. The maximum Gasteiger partial charge on any atom is 0.224 e. The third kappa shape index (κ3) is 2.20. The Bertz CT molecular complexity index is 405. The van der Waals surface area contributed by atoms with E-state index in [1.807, 2.05) is 26.0 Å². The number of unbranched alkanes of at least 4 members (excludes halogenated alkanes) is 1. The molecule has 84 valence electrons. The largest absolute Gasteiger partial charge is 0.373 e. The van der Waals surface area contributed by atoms with E-state index >= 15 is 0 Å². The number of rotatable bonds is 5. The highest BCUT2D eigenvalue weighted by Gasteiger charge is 2.21. The predicted molar refractivity (Wildman–Crippen MR) is 68.4 cm³/mol. The second kappa shape index (κ2) is 4.75. The zero-order valence-corrected chi connectivity index (χ0v) is 10.6. The van der Waals surface area contributed by atoms with Gasteiger partial charge in [-0.05, 0) is 6.42 Å². The Balaban J connectivity index is 2.90. The van der Waals surface area contributed by atoms with Crippen LogP contribution in [0.3, 0.4) is 0 Å². The number of hydrogen-bond acceptors (Lipinski definition) is 4. The van der Waals surface area contributed by atoms with Gasteiger partial charge in [-0.2, -0.15) is 0 Å². The monoisotopic (exact) mass is 226 g/mol. The van der Waals surface area contributed by atoms with Crippen LogP contribution in [-0.2, 0) is 0 Å². The molecule has 0 N–H and O–H groups in total. The van der Waals surface area contributed by atoms with Crippen molar-refractivity contribution >= 4 is 23.6 Å². The van der Waals surface area contributed by atoms with Crippen LogP contribution < -0.4 is 15.2 Å². The van der Waals surface area contributed by atoms with Crippen LogP contribution in [0.5, 0.6) is 0 Å². The van der Waals surface area contributed by atoms with Gasteiger partial charge in [0.05, 0.1) is 5.69 Å². The molecular weight excluding hydrogens is 208 g/mol. The standard InChI is InChI=1S/C11H18N2OS/c1-5-6-7-13(4)9-8(12(2)3)10(14)11(9)15/h5-7H2,1-4H3. The van der Waals surface area contributed by atoms with Crippen LogP contribution in [0.2, 0.25) is 0 Å². The fraction of sp³-hybridized carbons (Fsp3) is 0.636. The highest BCUT2D eigenvalue weighted by atomic mass is 32.1. The van der Waals surface area contributed by atoms with E-state index in [2.05, 4.69) is 11.8 Å². The molecule has 0 unspecified atom stereocenters. The predicted octanol–water partition coefficient (Wildman–Crippen LogP) is 1.95. The van der Waals surface area contributed by atoms with Crippen LogP contribution in [0.25, 0.3) is 0 Å². The maximum absolute atomic E-state index is 11.5. The molecule has 0 aliphatic carbocycles. The summed E-state index contributed by atoms with van der Waals surface area (Å²) >= 11 is 5.07. The molecule has 0 radical (unpaired) electrons. The minimum Gasteiger partial charge on any atom is -0.373 e. The number of nitrogens with zero attached hydrogens (tertiary/aromatic N) is 2. The second-order valence-electron chi connectivity index (χ2n) is 4.02. The Labute approximate surface area is 96.0 Å². The highest BCUT2D eigenvalue weighted by molar-refractivity contribution is 7.71. The molecular formula is C11H18N2OS. The molecule has 0 saturated heterocycles. The van der Waals surface area contributed by atoms with Crippen molar-refractivity contribution in [2.75, 3.05) is 37.5 Å². The number of anilines is 2. The van der Waals surface area contributed by atoms with Crippen molar-refractivity contribution in [1.82, 2.24) is 0 Å². The first kappa shape index (κ1) is 12.2. The van der Waals surface area contributed by atoms with Gasteiger partial charge in [0.1, 0.15) is 10.2 Å². The van der Waals surface area contributed by atoms with E-state index in [0.717, 1.165) is 30.8 Å². The summed E-state index contributed by atoms with van der Waals surface area (Å²) in [5.41, 5.74) is 1.69. The summed E-state index contributed by atoms with van der Waals surface area (Å²) in [5.74, 6) is 0. The Morgan fingerprint density at radius 2 is 1.80 bits per heavy atom. The van der Waals surface area contributed by atoms with E-state index in [4.69, 9.17) is 12.2 Å². The Morgan fingerprint density at radius 3 is 2.27 bits per heavy atom. The van der Waals surface area contributed by atoms with Crippen molar-refractivity contribution in [2.45, 2.75) is 19.8 Å². The van der Waals surface area contributed by atoms with E-state index in [1.165, 1.54) is 0 Å². The van der Waals surface area contributed by atoms with Gasteiger partial charge in [-0.1, -0.05) is 25.6 Å². The molecule has 1 aromatic carbocycles. The van der Waals surface area contributed by atoms with Crippen LogP contribution >= 0.6 is 12.2 Å².